The third-order valence-corrected chi connectivity index (χ3v) is 3.82. The van der Waals surface area contributed by atoms with E-state index in [0.29, 0.717) is 6.42 Å². The average molecular weight is 244 g/mol. The van der Waals surface area contributed by atoms with Crippen molar-refractivity contribution in [2.24, 2.45) is 0 Å². The molecule has 2 nitrogen and oxygen atoms in total. The van der Waals surface area contributed by atoms with E-state index in [1.165, 1.54) is 0 Å². The normalized spacial score (nSPS) is 17.6. The summed E-state index contributed by atoms with van der Waals surface area (Å²) >= 11 is 1.60. The number of carbonyl (C=O) groups is 1. The van der Waals surface area contributed by atoms with Crippen molar-refractivity contribution in [3.05, 3.63) is 51.7 Å². The second kappa shape index (κ2) is 4.00. The Kier molecular flexibility index (Phi) is 2.48. The number of hydrogen-bond acceptors (Lipinski definition) is 3. The Hall–Kier alpha value is -1.61. The highest BCUT2D eigenvalue weighted by Crippen LogP contribution is 2.30. The largest absolute Gasteiger partial charge is 0.482 e. The molecule has 0 saturated heterocycles. The summed E-state index contributed by atoms with van der Waals surface area (Å²) in [6.45, 7) is 2.01. The molecule has 0 radical (unpaired) electrons. The minimum absolute atomic E-state index is 0.0885. The zero-order chi connectivity index (χ0) is 11.8. The molecule has 0 amide bonds. The van der Waals surface area contributed by atoms with Crippen molar-refractivity contribution in [2.75, 3.05) is 0 Å². The van der Waals surface area contributed by atoms with Gasteiger partial charge >= 0.3 is 0 Å². The lowest BCUT2D eigenvalue weighted by atomic mass is 10.0. The first-order valence-corrected chi connectivity index (χ1v) is 6.46. The fourth-order valence-electron chi connectivity index (χ4n) is 2.09. The summed E-state index contributed by atoms with van der Waals surface area (Å²) < 4.78 is 5.69. The molecule has 3 heteroatoms. The van der Waals surface area contributed by atoms with Crippen molar-refractivity contribution in [2.45, 2.75) is 19.4 Å². The van der Waals surface area contributed by atoms with Crippen molar-refractivity contribution >= 4 is 17.1 Å². The zero-order valence-corrected chi connectivity index (χ0v) is 10.3. The van der Waals surface area contributed by atoms with E-state index in [9.17, 15) is 4.79 Å². The monoisotopic (exact) mass is 244 g/mol. The highest BCUT2D eigenvalue weighted by atomic mass is 32.1. The summed E-state index contributed by atoms with van der Waals surface area (Å²) in [6, 6.07) is 9.77. The Labute approximate surface area is 104 Å². The molecule has 2 heterocycles. The van der Waals surface area contributed by atoms with Gasteiger partial charge in [0.05, 0.1) is 0 Å². The number of benzene rings is 1. The van der Waals surface area contributed by atoms with Gasteiger partial charge in [-0.3, -0.25) is 4.79 Å². The van der Waals surface area contributed by atoms with Gasteiger partial charge in [0, 0.05) is 22.2 Å². The first-order valence-electron chi connectivity index (χ1n) is 5.58. The second-order valence-corrected chi connectivity index (χ2v) is 5.34. The first kappa shape index (κ1) is 10.5. The van der Waals surface area contributed by atoms with Crippen LogP contribution in [0.15, 0.2) is 35.7 Å². The number of thiophene rings is 1. The third kappa shape index (κ3) is 1.87. The molecule has 17 heavy (non-hydrogen) atoms. The minimum atomic E-state index is -0.346. The lowest BCUT2D eigenvalue weighted by Gasteiger charge is -2.07. The lowest BCUT2D eigenvalue weighted by molar-refractivity contribution is 0.0825. The number of hydrogen-bond donors (Lipinski definition) is 0. The minimum Gasteiger partial charge on any atom is -0.482 e. The number of carbonyl (C=O) groups excluding carboxylic acids is 1. The van der Waals surface area contributed by atoms with Gasteiger partial charge in [-0.05, 0) is 24.6 Å². The Balaban J connectivity index is 1.83. The highest BCUT2D eigenvalue weighted by Gasteiger charge is 2.29. The van der Waals surface area contributed by atoms with Crippen LogP contribution in [0.2, 0.25) is 0 Å². The van der Waals surface area contributed by atoms with Crippen LogP contribution in [-0.2, 0) is 6.42 Å². The molecule has 1 atom stereocenters. The van der Waals surface area contributed by atoms with E-state index in [0.717, 1.165) is 21.8 Å². The van der Waals surface area contributed by atoms with E-state index in [-0.39, 0.29) is 11.9 Å². The van der Waals surface area contributed by atoms with Gasteiger partial charge in [0.1, 0.15) is 5.75 Å². The van der Waals surface area contributed by atoms with Gasteiger partial charge in [0.2, 0.25) is 5.78 Å². The fraction of sp³-hybridized carbons (Fsp3) is 0.214. The van der Waals surface area contributed by atoms with Crippen LogP contribution in [-0.4, -0.2) is 11.9 Å². The van der Waals surface area contributed by atoms with Crippen LogP contribution in [0.25, 0.3) is 0 Å². The molecule has 3 rings (SSSR count). The van der Waals surface area contributed by atoms with Crippen LogP contribution < -0.4 is 4.74 Å². The standard InChI is InChI=1S/C14H12O2S/c1-9-6-11(8-17-9)14(15)13-7-10-4-2-3-5-12(10)16-13/h2-6,8,13H,7H2,1H3. The van der Waals surface area contributed by atoms with E-state index >= 15 is 0 Å². The predicted octanol–water partition coefficient (Wildman–Crippen LogP) is 3.24. The molecule has 1 aliphatic rings. The summed E-state index contributed by atoms with van der Waals surface area (Å²) in [4.78, 5) is 13.4. The predicted molar refractivity (Wildman–Crippen MR) is 67.9 cm³/mol. The summed E-state index contributed by atoms with van der Waals surface area (Å²) in [5, 5.41) is 1.91. The molecule has 86 valence electrons. The molecular formula is C14H12O2S. The van der Waals surface area contributed by atoms with Crippen LogP contribution in [0.4, 0.5) is 0 Å². The quantitative estimate of drug-likeness (QED) is 0.758. The highest BCUT2D eigenvalue weighted by molar-refractivity contribution is 7.10. The molecule has 0 N–H and O–H groups in total. The van der Waals surface area contributed by atoms with Crippen molar-refractivity contribution in [1.29, 1.82) is 0 Å². The van der Waals surface area contributed by atoms with E-state index in [2.05, 4.69) is 0 Å². The van der Waals surface area contributed by atoms with E-state index in [1.54, 1.807) is 11.3 Å². The van der Waals surface area contributed by atoms with Crippen molar-refractivity contribution in [1.82, 2.24) is 0 Å². The first-order chi connectivity index (χ1) is 8.24. The molecule has 1 aliphatic heterocycles. The van der Waals surface area contributed by atoms with Crippen LogP contribution in [0.1, 0.15) is 20.8 Å². The van der Waals surface area contributed by atoms with Crippen molar-refractivity contribution in [3.8, 4) is 5.75 Å². The zero-order valence-electron chi connectivity index (χ0n) is 9.47. The Morgan fingerprint density at radius 1 is 1.41 bits per heavy atom. The van der Waals surface area contributed by atoms with Crippen LogP contribution in [0, 0.1) is 6.92 Å². The second-order valence-electron chi connectivity index (χ2n) is 4.23. The number of ketones is 1. The van der Waals surface area contributed by atoms with Crippen LogP contribution >= 0.6 is 11.3 Å². The van der Waals surface area contributed by atoms with Gasteiger partial charge in [-0.2, -0.15) is 0 Å². The van der Waals surface area contributed by atoms with Crippen LogP contribution in [0.5, 0.6) is 5.75 Å². The summed E-state index contributed by atoms with van der Waals surface area (Å²) in [5.41, 5.74) is 1.89. The summed E-state index contributed by atoms with van der Waals surface area (Å²) in [7, 11) is 0. The topological polar surface area (TPSA) is 26.3 Å². The lowest BCUT2D eigenvalue weighted by Crippen LogP contribution is -2.24. The van der Waals surface area contributed by atoms with Crippen molar-refractivity contribution in [3.63, 3.8) is 0 Å². The van der Waals surface area contributed by atoms with Gasteiger partial charge in [0.15, 0.2) is 6.10 Å². The Morgan fingerprint density at radius 3 is 2.94 bits per heavy atom. The maximum Gasteiger partial charge on any atom is 0.204 e. The fourth-order valence-corrected chi connectivity index (χ4v) is 2.78. The number of ether oxygens (including phenoxy) is 1. The van der Waals surface area contributed by atoms with Gasteiger partial charge < -0.3 is 4.74 Å². The molecule has 0 saturated carbocycles. The molecule has 1 aromatic carbocycles. The number of aryl methyl sites for hydroxylation is 1. The Bertz CT molecular complexity index is 546. The molecule has 0 aliphatic carbocycles. The molecular weight excluding hydrogens is 232 g/mol. The van der Waals surface area contributed by atoms with E-state index in [1.807, 2.05) is 42.6 Å². The molecule has 2 aromatic rings. The third-order valence-electron chi connectivity index (χ3n) is 2.95. The van der Waals surface area contributed by atoms with E-state index < -0.39 is 0 Å². The molecule has 0 fully saturated rings. The van der Waals surface area contributed by atoms with Gasteiger partial charge in [-0.1, -0.05) is 18.2 Å². The number of para-hydroxylation sites is 1. The van der Waals surface area contributed by atoms with Gasteiger partial charge in [-0.15, -0.1) is 11.3 Å². The summed E-state index contributed by atoms with van der Waals surface area (Å²) in [6.07, 6.45) is 0.338. The number of fused-ring (bicyclic) bond motifs is 1. The molecule has 0 bridgehead atoms. The maximum absolute atomic E-state index is 12.2. The van der Waals surface area contributed by atoms with Gasteiger partial charge in [-0.25, -0.2) is 0 Å². The number of Topliss-reactive ketones (excluding diaryl/α,β-unsaturated/α-hetero) is 1. The Morgan fingerprint density at radius 2 is 2.24 bits per heavy atom. The maximum atomic E-state index is 12.2. The van der Waals surface area contributed by atoms with Crippen LogP contribution in [0.3, 0.4) is 0 Å². The number of rotatable bonds is 2. The summed E-state index contributed by atoms with van der Waals surface area (Å²) in [5.74, 6) is 0.934. The molecule has 1 aromatic heterocycles. The van der Waals surface area contributed by atoms with E-state index in [4.69, 9.17) is 4.74 Å². The molecule has 1 unspecified atom stereocenters. The SMILES string of the molecule is Cc1cc(C(=O)C2Cc3ccccc3O2)cs1. The average Bonchev–Trinajstić information content (AvgIpc) is 2.93. The smallest absolute Gasteiger partial charge is 0.204 e. The van der Waals surface area contributed by atoms with Crippen molar-refractivity contribution < 1.29 is 9.53 Å². The van der Waals surface area contributed by atoms with Gasteiger partial charge in [0.25, 0.3) is 0 Å². The molecule has 0 spiro atoms.